The molecule has 20 heavy (non-hydrogen) atoms. The molecule has 0 saturated heterocycles. The van der Waals surface area contributed by atoms with Crippen LogP contribution in [0.2, 0.25) is 0 Å². The van der Waals surface area contributed by atoms with E-state index < -0.39 is 9.84 Å². The fourth-order valence-corrected chi connectivity index (χ4v) is 3.14. The van der Waals surface area contributed by atoms with Crippen molar-refractivity contribution >= 4 is 15.5 Å². The summed E-state index contributed by atoms with van der Waals surface area (Å²) in [4.78, 5) is 0.399. The van der Waals surface area contributed by atoms with Crippen LogP contribution in [0.15, 0.2) is 29.2 Å². The molecule has 0 atom stereocenters. The number of sulfone groups is 1. The van der Waals surface area contributed by atoms with Crippen molar-refractivity contribution in [3.8, 4) is 0 Å². The second-order valence-electron chi connectivity index (χ2n) is 4.74. The summed E-state index contributed by atoms with van der Waals surface area (Å²) in [6, 6.07) is 6.96. The van der Waals surface area contributed by atoms with Crippen LogP contribution in [0.4, 0.5) is 5.69 Å². The molecule has 0 bridgehead atoms. The molecule has 0 spiro atoms. The number of rotatable bonds is 10. The Morgan fingerprint density at radius 2 is 1.75 bits per heavy atom. The topological polar surface area (TPSA) is 55.4 Å². The van der Waals surface area contributed by atoms with E-state index in [-0.39, 0.29) is 5.75 Å². The van der Waals surface area contributed by atoms with Gasteiger partial charge in [0, 0.05) is 25.4 Å². The largest absolute Gasteiger partial charge is 0.385 e. The first kappa shape index (κ1) is 17.0. The maximum absolute atomic E-state index is 11.9. The average molecular weight is 299 g/mol. The van der Waals surface area contributed by atoms with Crippen molar-refractivity contribution in [3.05, 3.63) is 24.3 Å². The second kappa shape index (κ2) is 8.97. The van der Waals surface area contributed by atoms with Gasteiger partial charge in [0.2, 0.25) is 0 Å². The van der Waals surface area contributed by atoms with E-state index in [0.717, 1.165) is 38.3 Å². The first-order valence-corrected chi connectivity index (χ1v) is 8.89. The summed E-state index contributed by atoms with van der Waals surface area (Å²) in [5.74, 6) is 0.203. The van der Waals surface area contributed by atoms with Gasteiger partial charge >= 0.3 is 0 Å². The van der Waals surface area contributed by atoms with E-state index in [2.05, 4.69) is 12.2 Å². The van der Waals surface area contributed by atoms with E-state index in [9.17, 15) is 8.42 Å². The normalized spacial score (nSPS) is 11.5. The maximum Gasteiger partial charge on any atom is 0.178 e. The molecular formula is C15H25NO3S. The summed E-state index contributed by atoms with van der Waals surface area (Å²) in [5.41, 5.74) is 0.941. The third-order valence-electron chi connectivity index (χ3n) is 2.83. The number of hydrogen-bond acceptors (Lipinski definition) is 4. The maximum atomic E-state index is 11.9. The van der Waals surface area contributed by atoms with Crippen molar-refractivity contribution in [1.29, 1.82) is 0 Å². The number of hydrogen-bond donors (Lipinski definition) is 1. The highest BCUT2D eigenvalue weighted by atomic mass is 32.2. The zero-order chi connectivity index (χ0) is 14.8. The number of anilines is 1. The van der Waals surface area contributed by atoms with Crippen LogP contribution in [0.1, 0.15) is 33.1 Å². The van der Waals surface area contributed by atoms with Gasteiger partial charge in [-0.2, -0.15) is 0 Å². The van der Waals surface area contributed by atoms with Gasteiger partial charge in [-0.25, -0.2) is 8.42 Å². The number of ether oxygens (including phenoxy) is 1. The number of benzene rings is 1. The lowest BCUT2D eigenvalue weighted by molar-refractivity contribution is 0.134. The van der Waals surface area contributed by atoms with Crippen molar-refractivity contribution in [2.45, 2.75) is 38.0 Å². The molecule has 4 nitrogen and oxygen atoms in total. The van der Waals surface area contributed by atoms with Crippen molar-refractivity contribution in [3.63, 3.8) is 0 Å². The monoisotopic (exact) mass is 299 g/mol. The van der Waals surface area contributed by atoms with Crippen molar-refractivity contribution < 1.29 is 13.2 Å². The molecule has 0 aliphatic carbocycles. The molecule has 0 radical (unpaired) electrons. The SMILES string of the molecule is CCCOCCCNc1ccc(S(=O)(=O)CCC)cc1. The Morgan fingerprint density at radius 1 is 1.05 bits per heavy atom. The lowest BCUT2D eigenvalue weighted by Gasteiger charge is -2.08. The lowest BCUT2D eigenvalue weighted by Crippen LogP contribution is -2.07. The molecular weight excluding hydrogens is 274 g/mol. The highest BCUT2D eigenvalue weighted by Crippen LogP contribution is 2.16. The van der Waals surface area contributed by atoms with Gasteiger partial charge in [0.15, 0.2) is 9.84 Å². The lowest BCUT2D eigenvalue weighted by atomic mass is 10.3. The van der Waals surface area contributed by atoms with Gasteiger partial charge in [-0.1, -0.05) is 13.8 Å². The molecule has 0 aliphatic heterocycles. The zero-order valence-corrected chi connectivity index (χ0v) is 13.2. The molecule has 1 N–H and O–H groups in total. The molecule has 0 heterocycles. The Morgan fingerprint density at radius 3 is 2.35 bits per heavy atom. The Hall–Kier alpha value is -1.07. The van der Waals surface area contributed by atoms with Gasteiger partial charge < -0.3 is 10.1 Å². The van der Waals surface area contributed by atoms with Crippen molar-refractivity contribution in [2.75, 3.05) is 30.8 Å². The molecule has 0 aliphatic rings. The van der Waals surface area contributed by atoms with Crippen LogP contribution in [0.25, 0.3) is 0 Å². The van der Waals surface area contributed by atoms with Gasteiger partial charge in [-0.15, -0.1) is 0 Å². The molecule has 114 valence electrons. The van der Waals surface area contributed by atoms with Gasteiger partial charge in [0.1, 0.15) is 0 Å². The fraction of sp³-hybridized carbons (Fsp3) is 0.600. The summed E-state index contributed by atoms with van der Waals surface area (Å²) in [6.45, 7) is 6.35. The number of nitrogens with one attached hydrogen (secondary N) is 1. The minimum atomic E-state index is -3.11. The molecule has 1 aromatic rings. The van der Waals surface area contributed by atoms with Gasteiger partial charge in [-0.3, -0.25) is 0 Å². The molecule has 0 saturated carbocycles. The molecule has 0 amide bonds. The van der Waals surface area contributed by atoms with E-state index in [4.69, 9.17) is 4.74 Å². The predicted molar refractivity (Wildman–Crippen MR) is 83.0 cm³/mol. The Bertz CT molecular complexity index is 468. The van der Waals surface area contributed by atoms with Crippen molar-refractivity contribution in [1.82, 2.24) is 0 Å². The van der Waals surface area contributed by atoms with Crippen LogP contribution < -0.4 is 5.32 Å². The highest BCUT2D eigenvalue weighted by Gasteiger charge is 2.12. The summed E-state index contributed by atoms with van der Waals surface area (Å²) in [7, 11) is -3.11. The van der Waals surface area contributed by atoms with Crippen LogP contribution in [0.3, 0.4) is 0 Å². The second-order valence-corrected chi connectivity index (χ2v) is 6.85. The van der Waals surface area contributed by atoms with E-state index in [1.165, 1.54) is 0 Å². The van der Waals surface area contributed by atoms with Crippen LogP contribution in [0.5, 0.6) is 0 Å². The minimum Gasteiger partial charge on any atom is -0.385 e. The van der Waals surface area contributed by atoms with E-state index in [0.29, 0.717) is 11.3 Å². The third-order valence-corrected chi connectivity index (χ3v) is 4.77. The van der Waals surface area contributed by atoms with Gasteiger partial charge in [0.25, 0.3) is 0 Å². The molecule has 1 aromatic carbocycles. The van der Waals surface area contributed by atoms with Crippen LogP contribution in [-0.4, -0.2) is 33.9 Å². The Labute approximate surface area is 122 Å². The van der Waals surface area contributed by atoms with E-state index >= 15 is 0 Å². The summed E-state index contributed by atoms with van der Waals surface area (Å²) in [5, 5.41) is 3.26. The standard InChI is InChI=1S/C15H25NO3S/c1-3-11-19-12-5-10-16-14-6-8-15(9-7-14)20(17,18)13-4-2/h6-9,16H,3-5,10-13H2,1-2H3. The summed E-state index contributed by atoms with van der Waals surface area (Å²) in [6.07, 6.45) is 2.62. The van der Waals surface area contributed by atoms with Crippen LogP contribution in [0, 0.1) is 0 Å². The first-order valence-electron chi connectivity index (χ1n) is 7.24. The van der Waals surface area contributed by atoms with Gasteiger partial charge in [-0.05, 0) is 43.5 Å². The summed E-state index contributed by atoms with van der Waals surface area (Å²) < 4.78 is 29.1. The van der Waals surface area contributed by atoms with Crippen molar-refractivity contribution in [2.24, 2.45) is 0 Å². The zero-order valence-electron chi connectivity index (χ0n) is 12.4. The molecule has 0 unspecified atom stereocenters. The predicted octanol–water partition coefficient (Wildman–Crippen LogP) is 3.10. The Balaban J connectivity index is 2.39. The first-order chi connectivity index (χ1) is 9.60. The van der Waals surface area contributed by atoms with Crippen LogP contribution in [-0.2, 0) is 14.6 Å². The molecule has 5 heteroatoms. The third kappa shape index (κ3) is 5.92. The minimum absolute atomic E-state index is 0.203. The van der Waals surface area contributed by atoms with E-state index in [1.807, 2.05) is 19.1 Å². The molecule has 1 rings (SSSR count). The quantitative estimate of drug-likeness (QED) is 0.675. The highest BCUT2D eigenvalue weighted by molar-refractivity contribution is 7.91. The smallest absolute Gasteiger partial charge is 0.178 e. The molecule has 0 fully saturated rings. The average Bonchev–Trinajstić information content (AvgIpc) is 2.43. The Kier molecular flexibility index (Phi) is 7.62. The van der Waals surface area contributed by atoms with Gasteiger partial charge in [0.05, 0.1) is 10.6 Å². The van der Waals surface area contributed by atoms with E-state index in [1.54, 1.807) is 12.1 Å². The summed E-state index contributed by atoms with van der Waals surface area (Å²) >= 11 is 0. The molecule has 0 aromatic heterocycles. The fourth-order valence-electron chi connectivity index (χ4n) is 1.82. The van der Waals surface area contributed by atoms with Crippen LogP contribution >= 0.6 is 0 Å².